The quantitative estimate of drug-likeness (QED) is 0.600. The van der Waals surface area contributed by atoms with Crippen LogP contribution in [0.5, 0.6) is 17.2 Å². The van der Waals surface area contributed by atoms with Crippen LogP contribution in [-0.2, 0) is 11.2 Å². The molecule has 2 aromatic carbocycles. The first-order valence-corrected chi connectivity index (χ1v) is 12.0. The number of hydrogen-bond acceptors (Lipinski definition) is 4. The molecule has 5 rings (SSSR count). The molecular weight excluding hydrogens is 426 g/mol. The Hall–Kier alpha value is -2.40. The normalized spacial score (nSPS) is 21.4. The van der Waals surface area contributed by atoms with Gasteiger partial charge in [-0.1, -0.05) is 35.9 Å². The largest absolute Gasteiger partial charge is 0.493 e. The number of nitrogens with one attached hydrogen (secondary N) is 1. The lowest BCUT2D eigenvalue weighted by Crippen LogP contribution is -2.50. The number of halogens is 1. The molecule has 0 saturated heterocycles. The van der Waals surface area contributed by atoms with E-state index in [1.165, 1.54) is 12.8 Å². The standard InChI is InChI=1S/C26H30ClNO4/c1-30-22-12-4-7-17(24(22)31-18-8-2-3-9-18)15-23(29)28-21-16-26(13-6-14-26)32-25-19(21)10-5-11-20(25)27/h4-5,7,10-12,18,21H,2-3,6,8-9,13-16H2,1H3,(H,28,29)/t21-/m0/s1. The zero-order valence-corrected chi connectivity index (χ0v) is 19.2. The van der Waals surface area contributed by atoms with Gasteiger partial charge in [0.1, 0.15) is 11.4 Å². The molecule has 2 aliphatic carbocycles. The van der Waals surface area contributed by atoms with Gasteiger partial charge in [-0.3, -0.25) is 4.79 Å². The van der Waals surface area contributed by atoms with E-state index in [1.807, 2.05) is 36.4 Å². The van der Waals surface area contributed by atoms with Crippen molar-refractivity contribution >= 4 is 17.5 Å². The molecule has 1 heterocycles. The molecule has 170 valence electrons. The number of fused-ring (bicyclic) bond motifs is 1. The van der Waals surface area contributed by atoms with Gasteiger partial charge in [0.15, 0.2) is 11.5 Å². The monoisotopic (exact) mass is 455 g/mol. The summed E-state index contributed by atoms with van der Waals surface area (Å²) in [4.78, 5) is 13.2. The predicted molar refractivity (Wildman–Crippen MR) is 124 cm³/mol. The molecular formula is C26H30ClNO4. The summed E-state index contributed by atoms with van der Waals surface area (Å²) < 4.78 is 18.2. The Kier molecular flexibility index (Phi) is 5.93. The van der Waals surface area contributed by atoms with E-state index in [4.69, 9.17) is 25.8 Å². The Labute approximate surface area is 194 Å². The topological polar surface area (TPSA) is 56.8 Å². The number of carbonyl (C=O) groups is 1. The maximum Gasteiger partial charge on any atom is 0.225 e. The van der Waals surface area contributed by atoms with Crippen molar-refractivity contribution in [3.63, 3.8) is 0 Å². The molecule has 32 heavy (non-hydrogen) atoms. The van der Waals surface area contributed by atoms with Gasteiger partial charge in [-0.2, -0.15) is 0 Å². The number of hydrogen-bond donors (Lipinski definition) is 1. The van der Waals surface area contributed by atoms with Gasteiger partial charge in [0.05, 0.1) is 30.7 Å². The first-order chi connectivity index (χ1) is 15.6. The SMILES string of the molecule is COc1cccc(CC(=O)N[C@H]2CC3(CCC3)Oc3c(Cl)cccc32)c1OC1CCCC1. The molecule has 0 radical (unpaired) electrons. The lowest BCUT2D eigenvalue weighted by molar-refractivity contribution is -0.122. The van der Waals surface area contributed by atoms with Crippen molar-refractivity contribution in [2.75, 3.05) is 7.11 Å². The van der Waals surface area contributed by atoms with Crippen LogP contribution in [0, 0.1) is 0 Å². The van der Waals surface area contributed by atoms with E-state index in [-0.39, 0.29) is 30.1 Å². The van der Waals surface area contributed by atoms with Crippen molar-refractivity contribution in [1.82, 2.24) is 5.32 Å². The van der Waals surface area contributed by atoms with Gasteiger partial charge in [-0.25, -0.2) is 0 Å². The van der Waals surface area contributed by atoms with E-state index in [2.05, 4.69) is 5.32 Å². The van der Waals surface area contributed by atoms with Gasteiger partial charge >= 0.3 is 0 Å². The molecule has 2 aromatic rings. The van der Waals surface area contributed by atoms with Gasteiger partial charge in [0.25, 0.3) is 0 Å². The van der Waals surface area contributed by atoms with E-state index < -0.39 is 0 Å². The van der Waals surface area contributed by atoms with E-state index in [0.717, 1.165) is 55.4 Å². The third-order valence-corrected chi connectivity index (χ3v) is 7.38. The first kappa shape index (κ1) is 21.4. The van der Waals surface area contributed by atoms with Crippen LogP contribution in [-0.4, -0.2) is 24.7 Å². The minimum atomic E-state index is -0.206. The molecule has 1 atom stereocenters. The van der Waals surface area contributed by atoms with Crippen LogP contribution in [0.2, 0.25) is 5.02 Å². The number of methoxy groups -OCH3 is 1. The highest BCUT2D eigenvalue weighted by Crippen LogP contribution is 2.50. The average molecular weight is 456 g/mol. The zero-order valence-electron chi connectivity index (χ0n) is 18.5. The van der Waals surface area contributed by atoms with Crippen LogP contribution in [0.15, 0.2) is 36.4 Å². The molecule has 6 heteroatoms. The number of amides is 1. The summed E-state index contributed by atoms with van der Waals surface area (Å²) >= 11 is 6.45. The van der Waals surface area contributed by atoms with Crippen molar-refractivity contribution < 1.29 is 19.0 Å². The fraction of sp³-hybridized carbons (Fsp3) is 0.500. The Morgan fingerprint density at radius 2 is 1.94 bits per heavy atom. The number of para-hydroxylation sites is 2. The van der Waals surface area contributed by atoms with Crippen molar-refractivity contribution in [2.24, 2.45) is 0 Å². The fourth-order valence-electron chi connectivity index (χ4n) is 5.24. The summed E-state index contributed by atoms with van der Waals surface area (Å²) in [5, 5.41) is 3.86. The summed E-state index contributed by atoms with van der Waals surface area (Å²) in [6.45, 7) is 0. The first-order valence-electron chi connectivity index (χ1n) is 11.7. The fourth-order valence-corrected chi connectivity index (χ4v) is 5.46. The Bertz CT molecular complexity index is 997. The smallest absolute Gasteiger partial charge is 0.225 e. The maximum atomic E-state index is 13.2. The molecule has 5 nitrogen and oxygen atoms in total. The highest BCUT2D eigenvalue weighted by molar-refractivity contribution is 6.32. The van der Waals surface area contributed by atoms with Crippen molar-refractivity contribution in [2.45, 2.75) is 75.5 Å². The van der Waals surface area contributed by atoms with Gasteiger partial charge < -0.3 is 19.5 Å². The minimum absolute atomic E-state index is 0.0400. The number of ether oxygens (including phenoxy) is 3. The highest BCUT2D eigenvalue weighted by Gasteiger charge is 2.46. The minimum Gasteiger partial charge on any atom is -0.493 e. The Balaban J connectivity index is 1.35. The van der Waals surface area contributed by atoms with Gasteiger partial charge in [0.2, 0.25) is 5.91 Å². The van der Waals surface area contributed by atoms with E-state index >= 15 is 0 Å². The molecule has 1 amide bonds. The molecule has 1 N–H and O–H groups in total. The van der Waals surface area contributed by atoms with Gasteiger partial charge in [0, 0.05) is 17.5 Å². The van der Waals surface area contributed by atoms with Crippen LogP contribution in [0.4, 0.5) is 0 Å². The van der Waals surface area contributed by atoms with Gasteiger partial charge in [-0.15, -0.1) is 0 Å². The van der Waals surface area contributed by atoms with Crippen LogP contribution < -0.4 is 19.5 Å². The van der Waals surface area contributed by atoms with Crippen molar-refractivity contribution in [3.05, 3.63) is 52.5 Å². The van der Waals surface area contributed by atoms with Crippen molar-refractivity contribution in [1.29, 1.82) is 0 Å². The van der Waals surface area contributed by atoms with E-state index in [0.29, 0.717) is 16.5 Å². The van der Waals surface area contributed by atoms with Crippen molar-refractivity contribution in [3.8, 4) is 17.2 Å². The summed E-state index contributed by atoms with van der Waals surface area (Å²) in [5.41, 5.74) is 1.60. The summed E-state index contributed by atoms with van der Waals surface area (Å²) in [6, 6.07) is 11.4. The second-order valence-electron chi connectivity index (χ2n) is 9.27. The molecule has 1 aliphatic heterocycles. The molecule has 0 bridgehead atoms. The second-order valence-corrected chi connectivity index (χ2v) is 9.68. The average Bonchev–Trinajstić information content (AvgIpc) is 3.27. The summed E-state index contributed by atoms with van der Waals surface area (Å²) in [6.07, 6.45) is 8.80. The Morgan fingerprint density at radius 1 is 1.16 bits per heavy atom. The van der Waals surface area contributed by atoms with Crippen LogP contribution in [0.1, 0.15) is 68.5 Å². The molecule has 0 unspecified atom stereocenters. The highest BCUT2D eigenvalue weighted by atomic mass is 35.5. The van der Waals surface area contributed by atoms with E-state index in [9.17, 15) is 4.79 Å². The number of carbonyl (C=O) groups excluding carboxylic acids is 1. The van der Waals surface area contributed by atoms with E-state index in [1.54, 1.807) is 7.11 Å². The maximum absolute atomic E-state index is 13.2. The van der Waals surface area contributed by atoms with Gasteiger partial charge in [-0.05, 0) is 57.1 Å². The molecule has 1 spiro atoms. The molecule has 2 saturated carbocycles. The lowest BCUT2D eigenvalue weighted by Gasteiger charge is -2.48. The zero-order chi connectivity index (χ0) is 22.1. The summed E-state index contributed by atoms with van der Waals surface area (Å²) in [5.74, 6) is 2.06. The number of benzene rings is 2. The third kappa shape index (κ3) is 4.15. The molecule has 3 aliphatic rings. The second kappa shape index (κ2) is 8.86. The van der Waals surface area contributed by atoms with Crippen LogP contribution in [0.25, 0.3) is 0 Å². The lowest BCUT2D eigenvalue weighted by atomic mass is 9.73. The van der Waals surface area contributed by atoms with Crippen LogP contribution >= 0.6 is 11.6 Å². The Morgan fingerprint density at radius 3 is 2.66 bits per heavy atom. The summed E-state index contributed by atoms with van der Waals surface area (Å²) in [7, 11) is 1.64. The van der Waals surface area contributed by atoms with Crippen LogP contribution in [0.3, 0.4) is 0 Å². The third-order valence-electron chi connectivity index (χ3n) is 7.09. The number of rotatable bonds is 6. The molecule has 0 aromatic heterocycles. The predicted octanol–water partition coefficient (Wildman–Crippen LogP) is 5.78. The molecule has 2 fully saturated rings.